The van der Waals surface area contributed by atoms with Crippen molar-refractivity contribution in [2.45, 2.75) is 6.42 Å². The smallest absolute Gasteiger partial charge is 0.269 e. The molecule has 0 saturated carbocycles. The lowest BCUT2D eigenvalue weighted by atomic mass is 10.1. The van der Waals surface area contributed by atoms with Gasteiger partial charge < -0.3 is 10.2 Å². The van der Waals surface area contributed by atoms with Crippen LogP contribution in [0.25, 0.3) is 0 Å². The van der Waals surface area contributed by atoms with Crippen LogP contribution in [0.4, 0.5) is 5.69 Å². The third-order valence-corrected chi connectivity index (χ3v) is 2.89. The van der Waals surface area contributed by atoms with E-state index in [0.29, 0.717) is 18.7 Å². The molecular weight excluding hydrogens is 250 g/mol. The standard InChI is InChI=1S/C12H13N3O4/c16-11-8-14(6-5-13-11)12(17)7-9-1-3-10(4-2-9)15(18)19/h1-4H,5-8H2,(H,13,16). The van der Waals surface area contributed by atoms with E-state index in [1.807, 2.05) is 0 Å². The molecule has 0 atom stereocenters. The monoisotopic (exact) mass is 263 g/mol. The molecule has 0 aliphatic carbocycles. The van der Waals surface area contributed by atoms with Crippen LogP contribution in [0.5, 0.6) is 0 Å². The molecule has 1 heterocycles. The van der Waals surface area contributed by atoms with Gasteiger partial charge in [-0.05, 0) is 5.56 Å². The number of hydrogen-bond donors (Lipinski definition) is 1. The molecular formula is C12H13N3O4. The quantitative estimate of drug-likeness (QED) is 0.618. The Labute approximate surface area is 109 Å². The van der Waals surface area contributed by atoms with E-state index in [0.717, 1.165) is 0 Å². The highest BCUT2D eigenvalue weighted by Gasteiger charge is 2.21. The van der Waals surface area contributed by atoms with Crippen molar-refractivity contribution >= 4 is 17.5 Å². The molecule has 1 saturated heterocycles. The Kier molecular flexibility index (Phi) is 3.74. The summed E-state index contributed by atoms with van der Waals surface area (Å²) in [5, 5.41) is 13.1. The number of piperazine rings is 1. The first-order chi connectivity index (χ1) is 9.06. The van der Waals surface area contributed by atoms with Crippen LogP contribution < -0.4 is 5.32 Å². The van der Waals surface area contributed by atoms with Crippen molar-refractivity contribution in [3.63, 3.8) is 0 Å². The lowest BCUT2D eigenvalue weighted by molar-refractivity contribution is -0.384. The topological polar surface area (TPSA) is 92.5 Å². The van der Waals surface area contributed by atoms with E-state index in [1.165, 1.54) is 17.0 Å². The molecule has 1 fully saturated rings. The van der Waals surface area contributed by atoms with Crippen molar-refractivity contribution in [1.29, 1.82) is 0 Å². The van der Waals surface area contributed by atoms with Crippen molar-refractivity contribution in [1.82, 2.24) is 10.2 Å². The minimum Gasteiger partial charge on any atom is -0.353 e. The number of nitrogens with zero attached hydrogens (tertiary/aromatic N) is 2. The molecule has 7 heteroatoms. The molecule has 1 aromatic carbocycles. The van der Waals surface area contributed by atoms with E-state index in [4.69, 9.17) is 0 Å². The number of carbonyl (C=O) groups excluding carboxylic acids is 2. The Hall–Kier alpha value is -2.44. The summed E-state index contributed by atoms with van der Waals surface area (Å²) in [4.78, 5) is 34.6. The summed E-state index contributed by atoms with van der Waals surface area (Å²) in [6, 6.07) is 5.84. The van der Waals surface area contributed by atoms with E-state index in [9.17, 15) is 19.7 Å². The maximum atomic E-state index is 11.9. The van der Waals surface area contributed by atoms with Crippen molar-refractivity contribution in [2.24, 2.45) is 0 Å². The van der Waals surface area contributed by atoms with Crippen molar-refractivity contribution in [3.8, 4) is 0 Å². The molecule has 0 radical (unpaired) electrons. The molecule has 0 aromatic heterocycles. The van der Waals surface area contributed by atoms with Gasteiger partial charge in [-0.3, -0.25) is 19.7 Å². The maximum absolute atomic E-state index is 11.9. The number of nitro benzene ring substituents is 1. The first-order valence-electron chi connectivity index (χ1n) is 5.84. The molecule has 1 aliphatic heterocycles. The summed E-state index contributed by atoms with van der Waals surface area (Å²) < 4.78 is 0. The summed E-state index contributed by atoms with van der Waals surface area (Å²) in [5.41, 5.74) is 0.690. The number of nitrogens with one attached hydrogen (secondary N) is 1. The predicted octanol–water partition coefficient (Wildman–Crippen LogP) is 0.0957. The van der Waals surface area contributed by atoms with Crippen molar-refractivity contribution in [3.05, 3.63) is 39.9 Å². The van der Waals surface area contributed by atoms with Crippen LogP contribution in [0.1, 0.15) is 5.56 Å². The van der Waals surface area contributed by atoms with Crippen LogP contribution in [0.3, 0.4) is 0 Å². The van der Waals surface area contributed by atoms with Gasteiger partial charge in [-0.25, -0.2) is 0 Å². The number of nitro groups is 1. The summed E-state index contributed by atoms with van der Waals surface area (Å²) in [6.45, 7) is 1.04. The highest BCUT2D eigenvalue weighted by atomic mass is 16.6. The molecule has 0 bridgehead atoms. The van der Waals surface area contributed by atoms with Gasteiger partial charge in [0, 0.05) is 25.2 Å². The minimum atomic E-state index is -0.486. The minimum absolute atomic E-state index is 0.00597. The van der Waals surface area contributed by atoms with Gasteiger partial charge in [0.25, 0.3) is 5.69 Å². The highest BCUT2D eigenvalue weighted by Crippen LogP contribution is 2.13. The highest BCUT2D eigenvalue weighted by molar-refractivity contribution is 5.86. The Bertz CT molecular complexity index is 512. The molecule has 7 nitrogen and oxygen atoms in total. The number of non-ortho nitro benzene ring substituents is 1. The number of amides is 2. The van der Waals surface area contributed by atoms with E-state index >= 15 is 0 Å². The normalized spacial score (nSPS) is 14.9. The molecule has 100 valence electrons. The molecule has 1 aromatic rings. The lowest BCUT2D eigenvalue weighted by Crippen LogP contribution is -2.50. The Morgan fingerprint density at radius 2 is 2.05 bits per heavy atom. The molecule has 2 amide bonds. The molecule has 1 N–H and O–H groups in total. The summed E-state index contributed by atoms with van der Waals surface area (Å²) in [7, 11) is 0. The van der Waals surface area contributed by atoms with Gasteiger partial charge in [0.05, 0.1) is 17.9 Å². The SMILES string of the molecule is O=C1CN(C(=O)Cc2ccc([N+](=O)[O-])cc2)CCN1. The second kappa shape index (κ2) is 5.47. The first-order valence-corrected chi connectivity index (χ1v) is 5.84. The predicted molar refractivity (Wildman–Crippen MR) is 66.4 cm³/mol. The Balaban J connectivity index is 1.98. The Morgan fingerprint density at radius 1 is 1.37 bits per heavy atom. The molecule has 0 unspecified atom stereocenters. The fourth-order valence-electron chi connectivity index (χ4n) is 1.87. The van der Waals surface area contributed by atoms with Crippen molar-refractivity contribution in [2.75, 3.05) is 19.6 Å². The van der Waals surface area contributed by atoms with Gasteiger partial charge in [-0.1, -0.05) is 12.1 Å². The van der Waals surface area contributed by atoms with Gasteiger partial charge in [0.2, 0.25) is 11.8 Å². The molecule has 1 aliphatic rings. The van der Waals surface area contributed by atoms with E-state index in [2.05, 4.69) is 5.32 Å². The molecule has 19 heavy (non-hydrogen) atoms. The van der Waals surface area contributed by atoms with Gasteiger partial charge in [-0.15, -0.1) is 0 Å². The molecule has 2 rings (SSSR count). The fourth-order valence-corrected chi connectivity index (χ4v) is 1.87. The van der Waals surface area contributed by atoms with Gasteiger partial charge in [-0.2, -0.15) is 0 Å². The van der Waals surface area contributed by atoms with Crippen LogP contribution in [0, 0.1) is 10.1 Å². The summed E-state index contributed by atoms with van der Waals surface area (Å²) >= 11 is 0. The average Bonchev–Trinajstić information content (AvgIpc) is 2.39. The number of rotatable bonds is 3. The average molecular weight is 263 g/mol. The first kappa shape index (κ1) is 13.0. The summed E-state index contributed by atoms with van der Waals surface area (Å²) in [5.74, 6) is -0.313. The fraction of sp³-hybridized carbons (Fsp3) is 0.333. The number of benzene rings is 1. The van der Waals surface area contributed by atoms with Gasteiger partial charge >= 0.3 is 0 Å². The van der Waals surface area contributed by atoms with Crippen LogP contribution in [-0.4, -0.2) is 41.3 Å². The van der Waals surface area contributed by atoms with E-state index in [-0.39, 0.29) is 30.5 Å². The third kappa shape index (κ3) is 3.27. The largest absolute Gasteiger partial charge is 0.353 e. The van der Waals surface area contributed by atoms with Crippen LogP contribution in [-0.2, 0) is 16.0 Å². The van der Waals surface area contributed by atoms with Gasteiger partial charge in [0.15, 0.2) is 0 Å². The van der Waals surface area contributed by atoms with Gasteiger partial charge in [0.1, 0.15) is 0 Å². The molecule has 0 spiro atoms. The Morgan fingerprint density at radius 3 is 2.63 bits per heavy atom. The van der Waals surface area contributed by atoms with E-state index < -0.39 is 4.92 Å². The summed E-state index contributed by atoms with van der Waals surface area (Å²) in [6.07, 6.45) is 0.144. The second-order valence-corrected chi connectivity index (χ2v) is 4.27. The van der Waals surface area contributed by atoms with Crippen LogP contribution in [0.2, 0.25) is 0 Å². The van der Waals surface area contributed by atoms with Crippen LogP contribution in [0.15, 0.2) is 24.3 Å². The lowest BCUT2D eigenvalue weighted by Gasteiger charge is -2.26. The second-order valence-electron chi connectivity index (χ2n) is 4.27. The van der Waals surface area contributed by atoms with E-state index in [1.54, 1.807) is 12.1 Å². The van der Waals surface area contributed by atoms with Crippen molar-refractivity contribution < 1.29 is 14.5 Å². The maximum Gasteiger partial charge on any atom is 0.269 e. The zero-order chi connectivity index (χ0) is 13.8. The number of hydrogen-bond acceptors (Lipinski definition) is 4. The number of carbonyl (C=O) groups is 2. The van der Waals surface area contributed by atoms with Crippen LogP contribution >= 0.6 is 0 Å². The zero-order valence-corrected chi connectivity index (χ0v) is 10.2. The third-order valence-electron chi connectivity index (χ3n) is 2.89. The zero-order valence-electron chi connectivity index (χ0n) is 10.2.